The third-order valence-corrected chi connectivity index (χ3v) is 5.85. The third kappa shape index (κ3) is 3.74. The number of aryl methyl sites for hydroxylation is 1. The molecule has 29 heavy (non-hydrogen) atoms. The van der Waals surface area contributed by atoms with Gasteiger partial charge in [-0.3, -0.25) is 9.89 Å². The van der Waals surface area contributed by atoms with Crippen molar-refractivity contribution < 1.29 is 26.7 Å². The van der Waals surface area contributed by atoms with Crippen molar-refractivity contribution >= 4 is 5.91 Å². The first-order valence-corrected chi connectivity index (χ1v) is 9.67. The minimum Gasteiger partial charge on any atom is -0.337 e. The van der Waals surface area contributed by atoms with Gasteiger partial charge in [0.25, 0.3) is 5.91 Å². The topological polar surface area (TPSA) is 49.0 Å². The lowest BCUT2D eigenvalue weighted by Crippen LogP contribution is -2.39. The van der Waals surface area contributed by atoms with Crippen LogP contribution in [0.15, 0.2) is 12.1 Å². The molecule has 9 heteroatoms. The van der Waals surface area contributed by atoms with Gasteiger partial charge in [0.05, 0.1) is 5.56 Å². The molecule has 2 aromatic rings. The van der Waals surface area contributed by atoms with Gasteiger partial charge in [-0.25, -0.2) is 8.78 Å². The summed E-state index contributed by atoms with van der Waals surface area (Å²) < 4.78 is 67.4. The average Bonchev–Trinajstić information content (AvgIpc) is 3.10. The molecule has 156 valence electrons. The van der Waals surface area contributed by atoms with Crippen LogP contribution in [0.2, 0.25) is 0 Å². The lowest BCUT2D eigenvalue weighted by molar-refractivity contribution is -0.141. The number of fused-ring (bicyclic) bond motifs is 1. The van der Waals surface area contributed by atoms with Crippen molar-refractivity contribution in [2.75, 3.05) is 13.1 Å². The van der Waals surface area contributed by atoms with Crippen LogP contribution in [0.1, 0.15) is 64.5 Å². The van der Waals surface area contributed by atoms with Crippen LogP contribution in [0.25, 0.3) is 0 Å². The van der Waals surface area contributed by atoms with E-state index in [-0.39, 0.29) is 43.5 Å². The van der Waals surface area contributed by atoms with Gasteiger partial charge in [0.2, 0.25) is 0 Å². The molecule has 1 saturated heterocycles. The summed E-state index contributed by atoms with van der Waals surface area (Å²) >= 11 is 0. The first-order valence-electron chi connectivity index (χ1n) is 9.67. The van der Waals surface area contributed by atoms with Crippen LogP contribution >= 0.6 is 0 Å². The molecule has 2 heterocycles. The lowest BCUT2D eigenvalue weighted by Gasteiger charge is -2.33. The number of carbonyl (C=O) groups is 1. The van der Waals surface area contributed by atoms with E-state index in [4.69, 9.17) is 0 Å². The highest BCUT2D eigenvalue weighted by molar-refractivity contribution is 5.94. The van der Waals surface area contributed by atoms with E-state index in [0.29, 0.717) is 5.69 Å². The summed E-state index contributed by atoms with van der Waals surface area (Å²) in [5.41, 5.74) is 0.490. The first-order chi connectivity index (χ1) is 13.8. The average molecular weight is 413 g/mol. The van der Waals surface area contributed by atoms with Gasteiger partial charge in [-0.15, -0.1) is 0 Å². The van der Waals surface area contributed by atoms with Gasteiger partial charge in [-0.05, 0) is 56.1 Å². The van der Waals surface area contributed by atoms with E-state index in [1.165, 1.54) is 0 Å². The number of piperidine rings is 1. The molecule has 4 rings (SSSR count). The summed E-state index contributed by atoms with van der Waals surface area (Å²) in [6.45, 7) is 0.418. The Balaban J connectivity index is 1.52. The highest BCUT2D eigenvalue weighted by atomic mass is 19.4. The molecule has 4 nitrogen and oxygen atoms in total. The van der Waals surface area contributed by atoms with Crippen LogP contribution in [-0.2, 0) is 19.0 Å². The second-order valence-corrected chi connectivity index (χ2v) is 7.65. The minimum absolute atomic E-state index is 0.199. The number of alkyl halides is 3. The molecular weight excluding hydrogens is 393 g/mol. The Hall–Kier alpha value is -2.45. The van der Waals surface area contributed by atoms with E-state index >= 15 is 0 Å². The van der Waals surface area contributed by atoms with E-state index in [1.807, 2.05) is 0 Å². The fraction of sp³-hybridized carbons (Fsp3) is 0.500. The third-order valence-electron chi connectivity index (χ3n) is 5.85. The summed E-state index contributed by atoms with van der Waals surface area (Å²) in [6, 6.07) is 1.02. The Kier molecular flexibility index (Phi) is 5.08. The highest BCUT2D eigenvalue weighted by Gasteiger charge is 2.40. The highest BCUT2D eigenvalue weighted by Crippen LogP contribution is 2.41. The number of benzene rings is 1. The number of carbonyl (C=O) groups excluding carboxylic acids is 1. The van der Waals surface area contributed by atoms with Gasteiger partial charge in [0.15, 0.2) is 5.69 Å². The maximum absolute atomic E-state index is 13.9. The molecule has 1 aromatic carbocycles. The standard InChI is InChI=1S/C20H20F5N3O/c21-12-9-14(17(15(22)10-12)20(23,24)25)11-5-7-28(8-6-11)19(29)18-13-3-1-2-4-16(13)26-27-18/h9-11H,1-8H2,(H,26,27). The predicted octanol–water partition coefficient (Wildman–Crippen LogP) is 4.61. The number of amides is 1. The van der Waals surface area contributed by atoms with E-state index in [2.05, 4.69) is 10.2 Å². The van der Waals surface area contributed by atoms with Crippen LogP contribution < -0.4 is 0 Å². The maximum atomic E-state index is 13.9. The molecule has 1 aliphatic heterocycles. The molecule has 1 aromatic heterocycles. The zero-order chi connectivity index (χ0) is 20.8. The Morgan fingerprint density at radius 2 is 1.79 bits per heavy atom. The molecule has 0 atom stereocenters. The van der Waals surface area contributed by atoms with Gasteiger partial charge in [-0.2, -0.15) is 18.3 Å². The van der Waals surface area contributed by atoms with Crippen molar-refractivity contribution in [1.82, 2.24) is 15.1 Å². The van der Waals surface area contributed by atoms with Crippen LogP contribution in [0.4, 0.5) is 22.0 Å². The molecule has 1 N–H and O–H groups in total. The fourth-order valence-corrected chi connectivity index (χ4v) is 4.42. The number of hydrogen-bond acceptors (Lipinski definition) is 2. The number of nitrogens with zero attached hydrogens (tertiary/aromatic N) is 2. The van der Waals surface area contributed by atoms with Gasteiger partial charge in [0.1, 0.15) is 11.6 Å². The number of halogens is 5. The van der Waals surface area contributed by atoms with Crippen molar-refractivity contribution in [3.05, 3.63) is 51.8 Å². The van der Waals surface area contributed by atoms with E-state index in [9.17, 15) is 26.7 Å². The zero-order valence-corrected chi connectivity index (χ0v) is 15.6. The molecule has 0 spiro atoms. The number of nitrogens with one attached hydrogen (secondary N) is 1. The largest absolute Gasteiger partial charge is 0.419 e. The van der Waals surface area contributed by atoms with E-state index in [1.54, 1.807) is 4.90 Å². The van der Waals surface area contributed by atoms with Crippen LogP contribution in [0.5, 0.6) is 0 Å². The van der Waals surface area contributed by atoms with Crippen molar-refractivity contribution in [2.24, 2.45) is 0 Å². The monoisotopic (exact) mass is 413 g/mol. The van der Waals surface area contributed by atoms with Gasteiger partial charge >= 0.3 is 6.18 Å². The smallest absolute Gasteiger partial charge is 0.337 e. The Bertz CT molecular complexity index is 929. The Morgan fingerprint density at radius 3 is 2.48 bits per heavy atom. The van der Waals surface area contributed by atoms with E-state index in [0.717, 1.165) is 43.0 Å². The number of likely N-dealkylation sites (tertiary alicyclic amines) is 1. The normalized spacial score (nSPS) is 18.0. The van der Waals surface area contributed by atoms with Crippen molar-refractivity contribution in [3.8, 4) is 0 Å². The van der Waals surface area contributed by atoms with Crippen molar-refractivity contribution in [2.45, 2.75) is 50.6 Å². The van der Waals surface area contributed by atoms with Crippen LogP contribution in [-0.4, -0.2) is 34.1 Å². The Morgan fingerprint density at radius 1 is 1.10 bits per heavy atom. The van der Waals surface area contributed by atoms with Crippen molar-refractivity contribution in [3.63, 3.8) is 0 Å². The van der Waals surface area contributed by atoms with Crippen molar-refractivity contribution in [1.29, 1.82) is 0 Å². The van der Waals surface area contributed by atoms with Crippen LogP contribution in [0.3, 0.4) is 0 Å². The molecule has 0 radical (unpaired) electrons. The summed E-state index contributed by atoms with van der Waals surface area (Å²) in [4.78, 5) is 14.4. The molecule has 0 bridgehead atoms. The second kappa shape index (κ2) is 7.42. The summed E-state index contributed by atoms with van der Waals surface area (Å²) in [6.07, 6.45) is -0.854. The molecule has 0 unspecified atom stereocenters. The summed E-state index contributed by atoms with van der Waals surface area (Å²) in [5, 5.41) is 7.07. The van der Waals surface area contributed by atoms with Gasteiger partial charge in [-0.1, -0.05) is 0 Å². The molecule has 1 fully saturated rings. The fourth-order valence-electron chi connectivity index (χ4n) is 4.42. The van der Waals surface area contributed by atoms with Crippen LogP contribution in [0, 0.1) is 11.6 Å². The predicted molar refractivity (Wildman–Crippen MR) is 94.5 cm³/mol. The maximum Gasteiger partial charge on any atom is 0.419 e. The number of H-pyrrole nitrogens is 1. The van der Waals surface area contributed by atoms with E-state index < -0.39 is 29.3 Å². The van der Waals surface area contributed by atoms with Gasteiger partial charge in [0, 0.05) is 30.4 Å². The molecule has 1 amide bonds. The quantitative estimate of drug-likeness (QED) is 0.732. The second-order valence-electron chi connectivity index (χ2n) is 7.65. The molecule has 1 aliphatic carbocycles. The first kappa shape index (κ1) is 19.8. The zero-order valence-electron chi connectivity index (χ0n) is 15.6. The molecule has 2 aliphatic rings. The number of aromatic nitrogens is 2. The number of rotatable bonds is 2. The summed E-state index contributed by atoms with van der Waals surface area (Å²) in [5.74, 6) is -3.56. The number of hydrogen-bond donors (Lipinski definition) is 1. The van der Waals surface area contributed by atoms with Gasteiger partial charge < -0.3 is 4.90 Å². The SMILES string of the molecule is O=C(c1n[nH]c2c1CCCC2)N1CCC(c2cc(F)cc(F)c2C(F)(F)F)CC1. The molecular formula is C20H20F5N3O. The number of aromatic amines is 1. The summed E-state index contributed by atoms with van der Waals surface area (Å²) in [7, 11) is 0. The lowest BCUT2D eigenvalue weighted by atomic mass is 9.85. The Labute approximate surface area is 164 Å². The minimum atomic E-state index is -4.91. The molecule has 0 saturated carbocycles.